The van der Waals surface area contributed by atoms with Crippen LogP contribution in [-0.2, 0) is 6.42 Å². The fourth-order valence-corrected chi connectivity index (χ4v) is 2.03. The van der Waals surface area contributed by atoms with E-state index in [1.54, 1.807) is 12.1 Å². The van der Waals surface area contributed by atoms with Crippen LogP contribution >= 0.6 is 0 Å². The molecule has 0 saturated heterocycles. The van der Waals surface area contributed by atoms with Gasteiger partial charge in [-0.05, 0) is 45.5 Å². The molecule has 0 fully saturated rings. The van der Waals surface area contributed by atoms with Gasteiger partial charge in [-0.15, -0.1) is 0 Å². The van der Waals surface area contributed by atoms with Crippen molar-refractivity contribution in [3.05, 3.63) is 35.6 Å². The molecule has 2 atom stereocenters. The van der Waals surface area contributed by atoms with E-state index in [-0.39, 0.29) is 17.4 Å². The molecule has 1 aromatic rings. The molecule has 3 heteroatoms. The normalized spacial score (nSPS) is 16.9. The van der Waals surface area contributed by atoms with E-state index < -0.39 is 0 Å². The molecule has 2 unspecified atom stereocenters. The number of nitrogens with zero attached hydrogens (tertiary/aromatic N) is 1. The Morgan fingerprint density at radius 3 is 2.41 bits per heavy atom. The summed E-state index contributed by atoms with van der Waals surface area (Å²) in [6.07, 6.45) is 1.50. The zero-order valence-corrected chi connectivity index (χ0v) is 11.2. The van der Waals surface area contributed by atoms with Gasteiger partial charge < -0.3 is 10.6 Å². The number of rotatable bonds is 5. The van der Waals surface area contributed by atoms with E-state index >= 15 is 0 Å². The van der Waals surface area contributed by atoms with Gasteiger partial charge in [0.1, 0.15) is 5.82 Å². The fourth-order valence-electron chi connectivity index (χ4n) is 2.03. The zero-order chi connectivity index (χ0) is 13.1. The van der Waals surface area contributed by atoms with Crippen molar-refractivity contribution in [1.82, 2.24) is 4.90 Å². The third kappa shape index (κ3) is 3.05. The Balaban J connectivity index is 2.85. The molecule has 0 amide bonds. The molecule has 1 rings (SSSR count). The van der Waals surface area contributed by atoms with Gasteiger partial charge in [-0.1, -0.05) is 25.1 Å². The smallest absolute Gasteiger partial charge is 0.126 e. The molecule has 1 aromatic carbocycles. The summed E-state index contributed by atoms with van der Waals surface area (Å²) in [7, 11) is 4.04. The molecule has 0 spiro atoms. The number of nitrogens with two attached hydrogens (primary N) is 1. The Bertz CT molecular complexity index is 365. The Morgan fingerprint density at radius 2 is 1.94 bits per heavy atom. The minimum atomic E-state index is -0.167. The van der Waals surface area contributed by atoms with Crippen molar-refractivity contribution < 1.29 is 4.39 Å². The van der Waals surface area contributed by atoms with E-state index in [4.69, 9.17) is 5.73 Å². The number of hydrogen-bond donors (Lipinski definition) is 1. The van der Waals surface area contributed by atoms with Crippen LogP contribution in [0.5, 0.6) is 0 Å². The molecule has 0 saturated carbocycles. The van der Waals surface area contributed by atoms with Crippen molar-refractivity contribution >= 4 is 0 Å². The monoisotopic (exact) mass is 238 g/mol. The van der Waals surface area contributed by atoms with Gasteiger partial charge in [0.05, 0.1) is 0 Å². The van der Waals surface area contributed by atoms with Crippen LogP contribution < -0.4 is 5.73 Å². The Kier molecular flexibility index (Phi) is 4.66. The maximum atomic E-state index is 13.6. The van der Waals surface area contributed by atoms with Gasteiger partial charge in [0.15, 0.2) is 0 Å². The van der Waals surface area contributed by atoms with Crippen molar-refractivity contribution in [2.24, 2.45) is 5.73 Å². The lowest BCUT2D eigenvalue weighted by Crippen LogP contribution is -2.55. The maximum Gasteiger partial charge on any atom is 0.126 e. The van der Waals surface area contributed by atoms with Gasteiger partial charge in [0.2, 0.25) is 0 Å². The number of hydrogen-bond acceptors (Lipinski definition) is 2. The molecule has 0 radical (unpaired) electrons. The molecule has 2 nitrogen and oxygen atoms in total. The maximum absolute atomic E-state index is 13.6. The summed E-state index contributed by atoms with van der Waals surface area (Å²) in [6, 6.07) is 6.76. The third-order valence-electron chi connectivity index (χ3n) is 3.93. The molecule has 0 aliphatic rings. The Labute approximate surface area is 104 Å². The van der Waals surface area contributed by atoms with Crippen molar-refractivity contribution in [2.45, 2.75) is 38.3 Å². The van der Waals surface area contributed by atoms with Crippen LogP contribution in [0, 0.1) is 5.82 Å². The first-order chi connectivity index (χ1) is 7.91. The predicted octanol–water partition coefficient (Wildman–Crippen LogP) is 2.43. The molecule has 0 heterocycles. The van der Waals surface area contributed by atoms with Crippen LogP contribution in [0.2, 0.25) is 0 Å². The van der Waals surface area contributed by atoms with E-state index in [9.17, 15) is 4.39 Å². The summed E-state index contributed by atoms with van der Waals surface area (Å²) in [6.45, 7) is 4.24. The molecule has 0 bridgehead atoms. The van der Waals surface area contributed by atoms with Gasteiger partial charge in [0, 0.05) is 11.6 Å². The summed E-state index contributed by atoms with van der Waals surface area (Å²) in [5.74, 6) is -0.167. The van der Waals surface area contributed by atoms with Crippen LogP contribution in [0.4, 0.5) is 4.39 Å². The average molecular weight is 238 g/mol. The van der Waals surface area contributed by atoms with Crippen LogP contribution in [0.3, 0.4) is 0 Å². The van der Waals surface area contributed by atoms with E-state index in [0.717, 1.165) is 6.42 Å². The van der Waals surface area contributed by atoms with Crippen LogP contribution in [-0.4, -0.2) is 30.6 Å². The lowest BCUT2D eigenvalue weighted by atomic mass is 9.84. The molecule has 2 N–H and O–H groups in total. The van der Waals surface area contributed by atoms with Gasteiger partial charge in [-0.3, -0.25) is 0 Å². The highest BCUT2D eigenvalue weighted by Crippen LogP contribution is 2.23. The highest BCUT2D eigenvalue weighted by molar-refractivity contribution is 5.19. The van der Waals surface area contributed by atoms with Gasteiger partial charge >= 0.3 is 0 Å². The first kappa shape index (κ1) is 14.1. The van der Waals surface area contributed by atoms with Crippen LogP contribution in [0.15, 0.2) is 24.3 Å². The van der Waals surface area contributed by atoms with Crippen molar-refractivity contribution in [1.29, 1.82) is 0 Å². The van der Waals surface area contributed by atoms with E-state index in [0.29, 0.717) is 12.0 Å². The number of halogens is 1. The fraction of sp³-hybridized carbons (Fsp3) is 0.571. The predicted molar refractivity (Wildman–Crippen MR) is 70.5 cm³/mol. The molecule has 0 aromatic heterocycles. The Morgan fingerprint density at radius 1 is 1.35 bits per heavy atom. The van der Waals surface area contributed by atoms with Crippen molar-refractivity contribution in [3.8, 4) is 0 Å². The van der Waals surface area contributed by atoms with Gasteiger partial charge in [-0.2, -0.15) is 0 Å². The standard InChI is InChI=1S/C14H23FN2/c1-5-14(2,17(3)4)13(16)10-11-8-6-7-9-12(11)15/h6-9,13H,5,10,16H2,1-4H3. The largest absolute Gasteiger partial charge is 0.326 e. The first-order valence-electron chi connectivity index (χ1n) is 6.08. The van der Waals surface area contributed by atoms with E-state index in [1.165, 1.54) is 6.07 Å². The molecule has 96 valence electrons. The van der Waals surface area contributed by atoms with Crippen LogP contribution in [0.1, 0.15) is 25.8 Å². The number of benzene rings is 1. The number of likely N-dealkylation sites (N-methyl/N-ethyl adjacent to an activating group) is 1. The molecule has 0 aliphatic heterocycles. The lowest BCUT2D eigenvalue weighted by Gasteiger charge is -2.41. The second kappa shape index (κ2) is 5.61. The topological polar surface area (TPSA) is 29.3 Å². The van der Waals surface area contributed by atoms with Crippen LogP contribution in [0.25, 0.3) is 0 Å². The summed E-state index contributed by atoms with van der Waals surface area (Å²) in [4.78, 5) is 2.12. The second-order valence-corrected chi connectivity index (χ2v) is 5.01. The molecule has 0 aliphatic carbocycles. The summed E-state index contributed by atoms with van der Waals surface area (Å²) in [5, 5.41) is 0. The molecular formula is C14H23FN2. The van der Waals surface area contributed by atoms with E-state index in [1.807, 2.05) is 20.2 Å². The highest BCUT2D eigenvalue weighted by atomic mass is 19.1. The first-order valence-corrected chi connectivity index (χ1v) is 6.08. The molecular weight excluding hydrogens is 215 g/mol. The third-order valence-corrected chi connectivity index (χ3v) is 3.93. The van der Waals surface area contributed by atoms with Gasteiger partial charge in [0.25, 0.3) is 0 Å². The summed E-state index contributed by atoms with van der Waals surface area (Å²) < 4.78 is 13.6. The highest BCUT2D eigenvalue weighted by Gasteiger charge is 2.32. The lowest BCUT2D eigenvalue weighted by molar-refractivity contribution is 0.131. The van der Waals surface area contributed by atoms with Crippen molar-refractivity contribution in [3.63, 3.8) is 0 Å². The molecule has 17 heavy (non-hydrogen) atoms. The SMILES string of the molecule is CCC(C)(C(N)Cc1ccccc1F)N(C)C. The zero-order valence-electron chi connectivity index (χ0n) is 11.2. The summed E-state index contributed by atoms with van der Waals surface area (Å²) >= 11 is 0. The second-order valence-electron chi connectivity index (χ2n) is 5.01. The quantitative estimate of drug-likeness (QED) is 0.853. The summed E-state index contributed by atoms with van der Waals surface area (Å²) in [5.41, 5.74) is 6.84. The minimum Gasteiger partial charge on any atom is -0.326 e. The van der Waals surface area contributed by atoms with Gasteiger partial charge in [-0.25, -0.2) is 4.39 Å². The Hall–Kier alpha value is -0.930. The van der Waals surface area contributed by atoms with E-state index in [2.05, 4.69) is 18.7 Å². The average Bonchev–Trinajstić information content (AvgIpc) is 2.30. The van der Waals surface area contributed by atoms with Crippen molar-refractivity contribution in [2.75, 3.05) is 14.1 Å². The minimum absolute atomic E-state index is 0.0839.